The number of hydrogen-bond donors (Lipinski definition) is 1. The highest BCUT2D eigenvalue weighted by molar-refractivity contribution is 5.91. The average Bonchev–Trinajstić information content (AvgIpc) is 3.51. The zero-order valence-electron chi connectivity index (χ0n) is 22.8. The molecule has 2 aromatic heterocycles. The van der Waals surface area contributed by atoms with E-state index >= 15 is 0 Å². The van der Waals surface area contributed by atoms with Gasteiger partial charge >= 0.3 is 6.03 Å². The number of aromatic nitrogens is 3. The van der Waals surface area contributed by atoms with Gasteiger partial charge in [-0.2, -0.15) is 5.10 Å². The molecule has 0 aliphatic carbocycles. The van der Waals surface area contributed by atoms with E-state index in [0.29, 0.717) is 6.54 Å². The third-order valence-corrected chi connectivity index (χ3v) is 7.67. The fourth-order valence-electron chi connectivity index (χ4n) is 5.58. The lowest BCUT2D eigenvalue weighted by molar-refractivity contribution is 0.194. The minimum atomic E-state index is -0.285. The zero-order chi connectivity index (χ0) is 27.1. The van der Waals surface area contributed by atoms with Crippen molar-refractivity contribution in [2.45, 2.75) is 46.7 Å². The Kier molecular flexibility index (Phi) is 6.31. The summed E-state index contributed by atoms with van der Waals surface area (Å²) in [5.41, 5.74) is 9.31. The van der Waals surface area contributed by atoms with Crippen LogP contribution in [0.2, 0.25) is 0 Å². The second-order valence-electron chi connectivity index (χ2n) is 10.3. The maximum absolute atomic E-state index is 14.2. The van der Waals surface area contributed by atoms with Crippen molar-refractivity contribution >= 4 is 11.7 Å². The average molecular weight is 516 g/mol. The van der Waals surface area contributed by atoms with Crippen LogP contribution in [-0.2, 0) is 13.0 Å². The lowest BCUT2D eigenvalue weighted by atomic mass is 9.99. The molecule has 1 aliphatic rings. The lowest BCUT2D eigenvalue weighted by Crippen LogP contribution is -2.38. The standard InChI is InChI=1S/C33H33N5O/c1-5-25-14-16-26(17-15-25)31-30-12-9-19-36(30)32-28(24(4)35-38(32)27-10-7-6-8-11-27)21-37(31)33(39)34-29-18-13-22(2)20-23(29)3/h6-20,31H,5,21H2,1-4H3,(H,34,39). The molecule has 0 radical (unpaired) electrons. The van der Waals surface area contributed by atoms with Gasteiger partial charge in [0.1, 0.15) is 5.82 Å². The van der Waals surface area contributed by atoms with Crippen LogP contribution in [0.5, 0.6) is 0 Å². The predicted octanol–water partition coefficient (Wildman–Crippen LogP) is 7.29. The van der Waals surface area contributed by atoms with E-state index in [9.17, 15) is 4.79 Å². The van der Waals surface area contributed by atoms with E-state index in [-0.39, 0.29) is 12.1 Å². The molecule has 3 aromatic carbocycles. The first-order valence-electron chi connectivity index (χ1n) is 13.5. The second kappa shape index (κ2) is 9.95. The van der Waals surface area contributed by atoms with Gasteiger partial charge in [0.2, 0.25) is 0 Å². The van der Waals surface area contributed by atoms with E-state index in [1.54, 1.807) is 0 Å². The molecule has 5 aromatic rings. The molecule has 0 fully saturated rings. The van der Waals surface area contributed by atoms with Crippen LogP contribution in [0.25, 0.3) is 11.5 Å². The third-order valence-electron chi connectivity index (χ3n) is 7.67. The van der Waals surface area contributed by atoms with Gasteiger partial charge in [-0.05, 0) is 74.2 Å². The molecule has 0 bridgehead atoms. The van der Waals surface area contributed by atoms with Gasteiger partial charge in [-0.3, -0.25) is 0 Å². The van der Waals surface area contributed by atoms with Crippen molar-refractivity contribution in [2.75, 3.05) is 5.32 Å². The Morgan fingerprint density at radius 2 is 1.72 bits per heavy atom. The fourth-order valence-corrected chi connectivity index (χ4v) is 5.58. The van der Waals surface area contributed by atoms with Crippen LogP contribution < -0.4 is 5.32 Å². The van der Waals surface area contributed by atoms with Crippen molar-refractivity contribution in [3.8, 4) is 11.5 Å². The molecule has 0 spiro atoms. The molecule has 0 saturated carbocycles. The van der Waals surface area contributed by atoms with Gasteiger partial charge in [0, 0.05) is 17.4 Å². The molecular weight excluding hydrogens is 482 g/mol. The summed E-state index contributed by atoms with van der Waals surface area (Å²) in [5, 5.41) is 8.16. The normalized spacial score (nSPS) is 14.5. The van der Waals surface area contributed by atoms with Gasteiger partial charge in [0.15, 0.2) is 0 Å². The van der Waals surface area contributed by atoms with Crippen molar-refractivity contribution in [1.29, 1.82) is 0 Å². The molecule has 6 heteroatoms. The molecule has 6 nitrogen and oxygen atoms in total. The number of amides is 2. The summed E-state index contributed by atoms with van der Waals surface area (Å²) >= 11 is 0. The maximum Gasteiger partial charge on any atom is 0.322 e. The first kappa shape index (κ1) is 24.7. The van der Waals surface area contributed by atoms with Gasteiger partial charge in [0.25, 0.3) is 0 Å². The Bertz CT molecular complexity index is 1650. The number of benzene rings is 3. The maximum atomic E-state index is 14.2. The monoisotopic (exact) mass is 515 g/mol. The SMILES string of the molecule is CCc1ccc(C2c3cccn3-c3c(c(C)nn3-c3ccccc3)CN2C(=O)Nc2ccc(C)cc2C)cc1. The van der Waals surface area contributed by atoms with E-state index in [1.807, 2.05) is 53.8 Å². The van der Waals surface area contributed by atoms with Crippen LogP contribution >= 0.6 is 0 Å². The number of carbonyl (C=O) groups excluding carboxylic acids is 1. The lowest BCUT2D eigenvalue weighted by Gasteiger charge is -2.31. The van der Waals surface area contributed by atoms with Gasteiger partial charge in [0.05, 0.1) is 29.7 Å². The number of hydrogen-bond acceptors (Lipinski definition) is 2. The van der Waals surface area contributed by atoms with Crippen LogP contribution in [0.4, 0.5) is 10.5 Å². The summed E-state index contributed by atoms with van der Waals surface area (Å²) in [7, 11) is 0. The molecule has 0 saturated heterocycles. The van der Waals surface area contributed by atoms with Gasteiger partial charge in [-0.1, -0.05) is 67.1 Å². The fraction of sp³-hybridized carbons (Fsp3) is 0.212. The second-order valence-corrected chi connectivity index (χ2v) is 10.3. The summed E-state index contributed by atoms with van der Waals surface area (Å²) in [6.07, 6.45) is 3.05. The number of nitrogens with one attached hydrogen (secondary N) is 1. The Morgan fingerprint density at radius 1 is 0.949 bits per heavy atom. The smallest absolute Gasteiger partial charge is 0.308 e. The number of fused-ring (bicyclic) bond motifs is 3. The van der Waals surface area contributed by atoms with Crippen molar-refractivity contribution in [3.05, 3.63) is 130 Å². The topological polar surface area (TPSA) is 55.1 Å². The molecule has 3 heterocycles. The number of aryl methyl sites for hydroxylation is 4. The minimum Gasteiger partial charge on any atom is -0.308 e. The van der Waals surface area contributed by atoms with Crippen molar-refractivity contribution in [3.63, 3.8) is 0 Å². The van der Waals surface area contributed by atoms with E-state index < -0.39 is 0 Å². The number of urea groups is 1. The number of carbonyl (C=O) groups is 1. The summed E-state index contributed by atoms with van der Waals surface area (Å²) in [4.78, 5) is 16.1. The number of para-hydroxylation sites is 1. The zero-order valence-corrected chi connectivity index (χ0v) is 22.8. The summed E-state index contributed by atoms with van der Waals surface area (Å²) in [6, 6.07) is 28.7. The van der Waals surface area contributed by atoms with Crippen molar-refractivity contribution in [2.24, 2.45) is 0 Å². The van der Waals surface area contributed by atoms with Crippen LogP contribution in [0, 0.1) is 20.8 Å². The molecular formula is C33H33N5O. The van der Waals surface area contributed by atoms with Gasteiger partial charge in [-0.15, -0.1) is 0 Å². The van der Waals surface area contributed by atoms with E-state index in [4.69, 9.17) is 5.10 Å². The van der Waals surface area contributed by atoms with E-state index in [2.05, 4.69) is 84.5 Å². The Labute approximate surface area is 229 Å². The quantitative estimate of drug-likeness (QED) is 0.273. The largest absolute Gasteiger partial charge is 0.322 e. The molecule has 6 rings (SSSR count). The molecule has 1 atom stereocenters. The highest BCUT2D eigenvalue weighted by atomic mass is 16.2. The number of nitrogens with zero attached hydrogens (tertiary/aromatic N) is 4. The van der Waals surface area contributed by atoms with Crippen LogP contribution in [0.3, 0.4) is 0 Å². The highest BCUT2D eigenvalue weighted by Gasteiger charge is 2.36. The number of anilines is 1. The van der Waals surface area contributed by atoms with Crippen LogP contribution in [0.1, 0.15) is 52.2 Å². The van der Waals surface area contributed by atoms with E-state index in [0.717, 1.165) is 51.7 Å². The molecule has 1 aliphatic heterocycles. The summed E-state index contributed by atoms with van der Waals surface area (Å²) in [6.45, 7) is 8.70. The first-order chi connectivity index (χ1) is 18.9. The minimum absolute atomic E-state index is 0.140. The Morgan fingerprint density at radius 3 is 2.44 bits per heavy atom. The predicted molar refractivity (Wildman–Crippen MR) is 156 cm³/mol. The van der Waals surface area contributed by atoms with Gasteiger partial charge in [-0.25, -0.2) is 9.48 Å². The molecule has 1 unspecified atom stereocenters. The highest BCUT2D eigenvalue weighted by Crippen LogP contribution is 2.39. The third kappa shape index (κ3) is 4.42. The van der Waals surface area contributed by atoms with Crippen LogP contribution in [0.15, 0.2) is 91.1 Å². The Hall–Kier alpha value is -4.58. The molecule has 39 heavy (non-hydrogen) atoms. The molecule has 1 N–H and O–H groups in total. The summed E-state index contributed by atoms with van der Waals surface area (Å²) in [5.74, 6) is 0.968. The van der Waals surface area contributed by atoms with Crippen molar-refractivity contribution < 1.29 is 4.79 Å². The van der Waals surface area contributed by atoms with Crippen LogP contribution in [-0.4, -0.2) is 25.3 Å². The number of rotatable bonds is 4. The van der Waals surface area contributed by atoms with E-state index in [1.165, 1.54) is 11.1 Å². The Balaban J connectivity index is 1.52. The van der Waals surface area contributed by atoms with Crippen molar-refractivity contribution in [1.82, 2.24) is 19.2 Å². The molecule has 196 valence electrons. The van der Waals surface area contributed by atoms with Gasteiger partial charge < -0.3 is 14.8 Å². The molecule has 2 amide bonds. The first-order valence-corrected chi connectivity index (χ1v) is 13.5. The summed E-state index contributed by atoms with van der Waals surface area (Å²) < 4.78 is 4.20.